The molecule has 1 atom stereocenters. The molecule has 3 aromatic rings. The summed E-state index contributed by atoms with van der Waals surface area (Å²) in [5.41, 5.74) is 2.06. The fraction of sp³-hybridized carbons (Fsp3) is 0.333. The number of carbonyl (C=O) groups is 2. The quantitative estimate of drug-likeness (QED) is 0.233. The Bertz CT molecular complexity index is 1280. The van der Waals surface area contributed by atoms with Crippen molar-refractivity contribution in [1.29, 1.82) is 0 Å². The van der Waals surface area contributed by atoms with Crippen molar-refractivity contribution in [1.82, 2.24) is 9.55 Å². The lowest BCUT2D eigenvalue weighted by Crippen LogP contribution is -2.24. The van der Waals surface area contributed by atoms with Crippen molar-refractivity contribution in [3.8, 4) is 0 Å². The third kappa shape index (κ3) is 4.89. The molecular formula is C24H25N3O4S2. The molecule has 0 unspecified atom stereocenters. The van der Waals surface area contributed by atoms with E-state index >= 15 is 0 Å². The van der Waals surface area contributed by atoms with Gasteiger partial charge in [-0.2, -0.15) is 0 Å². The highest BCUT2D eigenvalue weighted by Crippen LogP contribution is 2.36. The van der Waals surface area contributed by atoms with Gasteiger partial charge >= 0.3 is 5.97 Å². The number of methoxy groups -OCH3 is 1. The topological polar surface area (TPSA) is 90.3 Å². The molecule has 1 aromatic carbocycles. The fourth-order valence-corrected chi connectivity index (χ4v) is 6.17. The maximum absolute atomic E-state index is 13.3. The lowest BCUT2D eigenvalue weighted by atomic mass is 9.89. The number of esters is 1. The molecule has 0 spiro atoms. The Labute approximate surface area is 199 Å². The van der Waals surface area contributed by atoms with Gasteiger partial charge < -0.3 is 10.1 Å². The number of allylic oxidation sites excluding steroid dienone is 1. The number of thioether (sulfide) groups is 1. The van der Waals surface area contributed by atoms with Crippen LogP contribution < -0.4 is 10.9 Å². The van der Waals surface area contributed by atoms with Crippen molar-refractivity contribution in [3.05, 3.63) is 63.3 Å². The van der Waals surface area contributed by atoms with Crippen LogP contribution in [-0.2, 0) is 28.9 Å². The third-order valence-corrected chi connectivity index (χ3v) is 7.74. The molecule has 1 aliphatic rings. The van der Waals surface area contributed by atoms with Crippen LogP contribution in [0.1, 0.15) is 34.1 Å². The van der Waals surface area contributed by atoms with Crippen molar-refractivity contribution in [2.45, 2.75) is 37.9 Å². The van der Waals surface area contributed by atoms with E-state index < -0.39 is 5.97 Å². The van der Waals surface area contributed by atoms with E-state index in [2.05, 4.69) is 23.6 Å². The standard InChI is InChI=1S/C24H25N3O4S2/c1-4-11-27-22(29)20-17-10-5-14(2)12-18(17)33-21(20)26-24(27)32-13-19(28)25-16-8-6-15(7-9-16)23(30)31-3/h4,6-9,14H,1,5,10-13H2,2-3H3,(H,25,28)/t14-/m1/s1. The van der Waals surface area contributed by atoms with Crippen molar-refractivity contribution < 1.29 is 14.3 Å². The van der Waals surface area contributed by atoms with E-state index in [4.69, 9.17) is 4.98 Å². The SMILES string of the molecule is C=CCn1c(SCC(=O)Nc2ccc(C(=O)OC)cc2)nc2sc3c(c2c1=O)CC[C@@H](C)C3. The third-order valence-electron chi connectivity index (χ3n) is 5.61. The minimum atomic E-state index is -0.435. The van der Waals surface area contributed by atoms with Crippen LogP contribution in [0.2, 0.25) is 0 Å². The largest absolute Gasteiger partial charge is 0.465 e. The molecule has 1 aliphatic carbocycles. The van der Waals surface area contributed by atoms with Gasteiger partial charge in [-0.3, -0.25) is 14.2 Å². The minimum absolute atomic E-state index is 0.0618. The first kappa shape index (κ1) is 23.3. The summed E-state index contributed by atoms with van der Waals surface area (Å²) in [6, 6.07) is 6.46. The van der Waals surface area contributed by atoms with E-state index in [1.54, 1.807) is 46.2 Å². The molecule has 0 fully saturated rings. The first-order valence-corrected chi connectivity index (χ1v) is 12.5. The summed E-state index contributed by atoms with van der Waals surface area (Å²) >= 11 is 2.83. The zero-order valence-electron chi connectivity index (χ0n) is 18.6. The van der Waals surface area contributed by atoms with Crippen molar-refractivity contribution in [3.63, 3.8) is 0 Å². The monoisotopic (exact) mass is 483 g/mol. The van der Waals surface area contributed by atoms with Crippen molar-refractivity contribution >= 4 is 50.9 Å². The van der Waals surface area contributed by atoms with Crippen LogP contribution >= 0.6 is 23.1 Å². The first-order chi connectivity index (χ1) is 15.9. The summed E-state index contributed by atoms with van der Waals surface area (Å²) in [6.45, 7) is 6.34. The van der Waals surface area contributed by atoms with Gasteiger partial charge in [-0.25, -0.2) is 9.78 Å². The van der Waals surface area contributed by atoms with E-state index in [-0.39, 0.29) is 17.2 Å². The number of aryl methyl sites for hydroxylation is 1. The maximum atomic E-state index is 13.3. The second-order valence-corrected chi connectivity index (χ2v) is 10.1. The van der Waals surface area contributed by atoms with Crippen molar-refractivity contribution in [2.75, 3.05) is 18.2 Å². The number of aromatic nitrogens is 2. The summed E-state index contributed by atoms with van der Waals surface area (Å²) < 4.78 is 6.28. The molecule has 1 amide bonds. The van der Waals surface area contributed by atoms with Gasteiger partial charge in [0.2, 0.25) is 5.91 Å². The Morgan fingerprint density at radius 1 is 1.36 bits per heavy atom. The number of nitrogens with zero attached hydrogens (tertiary/aromatic N) is 2. The molecule has 0 saturated carbocycles. The Morgan fingerprint density at radius 3 is 2.82 bits per heavy atom. The van der Waals surface area contributed by atoms with Gasteiger partial charge in [0, 0.05) is 17.1 Å². The number of nitrogens with one attached hydrogen (secondary N) is 1. The number of benzene rings is 1. The summed E-state index contributed by atoms with van der Waals surface area (Å²) in [6.07, 6.45) is 4.64. The van der Waals surface area contributed by atoms with E-state index in [1.165, 1.54) is 23.7 Å². The Morgan fingerprint density at radius 2 is 2.12 bits per heavy atom. The number of carbonyl (C=O) groups excluding carboxylic acids is 2. The summed E-state index contributed by atoms with van der Waals surface area (Å²) in [7, 11) is 1.32. The zero-order valence-corrected chi connectivity index (χ0v) is 20.2. The van der Waals surface area contributed by atoms with Crippen LogP contribution in [0, 0.1) is 5.92 Å². The number of anilines is 1. The summed E-state index contributed by atoms with van der Waals surface area (Å²) in [5, 5.41) is 4.03. The second kappa shape index (κ2) is 9.93. The molecule has 0 aliphatic heterocycles. The van der Waals surface area contributed by atoms with E-state index in [0.717, 1.165) is 35.0 Å². The summed E-state index contributed by atoms with van der Waals surface area (Å²) in [5.74, 6) is 0.0373. The summed E-state index contributed by atoms with van der Waals surface area (Å²) in [4.78, 5) is 44.2. The molecule has 1 N–H and O–H groups in total. The van der Waals surface area contributed by atoms with E-state index in [0.29, 0.717) is 28.9 Å². The zero-order chi connectivity index (χ0) is 23.5. The fourth-order valence-electron chi connectivity index (χ4n) is 3.94. The van der Waals surface area contributed by atoms with Crippen molar-refractivity contribution in [2.24, 2.45) is 5.92 Å². The first-order valence-electron chi connectivity index (χ1n) is 10.7. The second-order valence-electron chi connectivity index (χ2n) is 8.04. The molecule has 4 rings (SSSR count). The van der Waals surface area contributed by atoms with E-state index in [9.17, 15) is 14.4 Å². The van der Waals surface area contributed by atoms with Gasteiger partial charge in [-0.15, -0.1) is 17.9 Å². The lowest BCUT2D eigenvalue weighted by molar-refractivity contribution is -0.113. The predicted octanol–water partition coefficient (Wildman–Crippen LogP) is 4.29. The van der Waals surface area contributed by atoms with Gasteiger partial charge in [-0.1, -0.05) is 24.8 Å². The normalized spacial score (nSPS) is 15.2. The van der Waals surface area contributed by atoms with Crippen LogP contribution in [0.25, 0.3) is 10.2 Å². The number of ether oxygens (including phenoxy) is 1. The smallest absolute Gasteiger partial charge is 0.337 e. The molecule has 7 nitrogen and oxygen atoms in total. The highest BCUT2D eigenvalue weighted by Gasteiger charge is 2.24. The molecule has 33 heavy (non-hydrogen) atoms. The van der Waals surface area contributed by atoms with Crippen LogP contribution in [-0.4, -0.2) is 34.3 Å². The van der Waals surface area contributed by atoms with Crippen LogP contribution in [0.15, 0.2) is 46.9 Å². The molecule has 172 valence electrons. The molecular weight excluding hydrogens is 458 g/mol. The highest BCUT2D eigenvalue weighted by molar-refractivity contribution is 7.99. The molecule has 9 heteroatoms. The number of hydrogen-bond acceptors (Lipinski definition) is 7. The van der Waals surface area contributed by atoms with Gasteiger partial charge in [0.1, 0.15) is 4.83 Å². The average molecular weight is 484 g/mol. The van der Waals surface area contributed by atoms with Gasteiger partial charge in [0.25, 0.3) is 5.56 Å². The Kier molecular flexibility index (Phi) is 6.99. The average Bonchev–Trinajstić information content (AvgIpc) is 3.17. The number of rotatable bonds is 7. The molecule has 2 heterocycles. The lowest BCUT2D eigenvalue weighted by Gasteiger charge is -2.17. The Balaban J connectivity index is 1.53. The van der Waals surface area contributed by atoms with Crippen LogP contribution in [0.3, 0.4) is 0 Å². The number of amides is 1. The number of fused-ring (bicyclic) bond motifs is 3. The highest BCUT2D eigenvalue weighted by atomic mass is 32.2. The molecule has 0 saturated heterocycles. The minimum Gasteiger partial charge on any atom is -0.465 e. The van der Waals surface area contributed by atoms with Gasteiger partial charge in [0.05, 0.1) is 23.8 Å². The van der Waals surface area contributed by atoms with Crippen LogP contribution in [0.5, 0.6) is 0 Å². The predicted molar refractivity (Wildman–Crippen MR) is 132 cm³/mol. The van der Waals surface area contributed by atoms with Crippen LogP contribution in [0.4, 0.5) is 5.69 Å². The molecule has 0 bridgehead atoms. The number of thiophene rings is 1. The van der Waals surface area contributed by atoms with Gasteiger partial charge in [-0.05, 0) is 55.0 Å². The molecule has 2 aromatic heterocycles. The number of hydrogen-bond donors (Lipinski definition) is 1. The van der Waals surface area contributed by atoms with E-state index in [1.807, 2.05) is 0 Å². The molecule has 0 radical (unpaired) electrons. The maximum Gasteiger partial charge on any atom is 0.337 e. The Hall–Kier alpha value is -2.91. The van der Waals surface area contributed by atoms with Gasteiger partial charge in [0.15, 0.2) is 5.16 Å².